The van der Waals surface area contributed by atoms with Crippen LogP contribution in [0.4, 0.5) is 11.4 Å². The molecule has 0 radical (unpaired) electrons. The monoisotopic (exact) mass is 351 g/mol. The van der Waals surface area contributed by atoms with Gasteiger partial charge in [-0.25, -0.2) is 0 Å². The molecule has 0 spiro atoms. The molecule has 0 unspecified atom stereocenters. The van der Waals surface area contributed by atoms with Crippen molar-refractivity contribution in [3.05, 3.63) is 59.2 Å². The average molecular weight is 351 g/mol. The molecule has 0 aliphatic carbocycles. The number of carbonyl (C=O) groups is 1. The molecule has 1 aliphatic heterocycles. The number of aryl methyl sites for hydroxylation is 2. The largest absolute Gasteiger partial charge is 0.369 e. The molecule has 1 N–H and O–H groups in total. The van der Waals surface area contributed by atoms with Crippen molar-refractivity contribution >= 4 is 17.3 Å². The van der Waals surface area contributed by atoms with Crippen LogP contribution in [0.3, 0.4) is 0 Å². The number of anilines is 2. The van der Waals surface area contributed by atoms with Crippen LogP contribution in [0.25, 0.3) is 0 Å². The standard InChI is InChI=1S/C22H29N3O/c1-17-6-4-8-20(16-17)23-22(26)10-11-24-12-14-25(15-13-24)21-9-5-7-18(2)19(21)3/h4-9,16H,10-15H2,1-3H3,(H,23,26). The maximum absolute atomic E-state index is 12.2. The van der Waals surface area contributed by atoms with Crippen LogP contribution >= 0.6 is 0 Å². The number of amides is 1. The Kier molecular flexibility index (Phi) is 5.94. The Hall–Kier alpha value is -2.33. The van der Waals surface area contributed by atoms with Crippen molar-refractivity contribution in [2.45, 2.75) is 27.2 Å². The number of rotatable bonds is 5. The fraction of sp³-hybridized carbons (Fsp3) is 0.409. The molecule has 4 nitrogen and oxygen atoms in total. The van der Waals surface area contributed by atoms with Crippen LogP contribution in [-0.2, 0) is 4.79 Å². The maximum atomic E-state index is 12.2. The zero-order chi connectivity index (χ0) is 18.5. The van der Waals surface area contributed by atoms with E-state index in [1.807, 2.05) is 31.2 Å². The first-order chi connectivity index (χ1) is 12.5. The van der Waals surface area contributed by atoms with E-state index in [-0.39, 0.29) is 5.91 Å². The molecule has 138 valence electrons. The van der Waals surface area contributed by atoms with E-state index in [4.69, 9.17) is 0 Å². The lowest BCUT2D eigenvalue weighted by Gasteiger charge is -2.37. The highest BCUT2D eigenvalue weighted by Gasteiger charge is 2.19. The van der Waals surface area contributed by atoms with Gasteiger partial charge in [0.15, 0.2) is 0 Å². The second kappa shape index (κ2) is 8.37. The van der Waals surface area contributed by atoms with Crippen molar-refractivity contribution in [3.63, 3.8) is 0 Å². The first-order valence-corrected chi connectivity index (χ1v) is 9.43. The van der Waals surface area contributed by atoms with Crippen molar-refractivity contribution in [2.75, 3.05) is 42.9 Å². The summed E-state index contributed by atoms with van der Waals surface area (Å²) in [6.45, 7) is 11.3. The second-order valence-corrected chi connectivity index (χ2v) is 7.22. The normalized spacial score (nSPS) is 15.1. The van der Waals surface area contributed by atoms with Gasteiger partial charge in [-0.1, -0.05) is 24.3 Å². The van der Waals surface area contributed by atoms with Crippen molar-refractivity contribution < 1.29 is 4.79 Å². The lowest BCUT2D eigenvalue weighted by atomic mass is 10.1. The minimum absolute atomic E-state index is 0.0903. The van der Waals surface area contributed by atoms with E-state index in [1.165, 1.54) is 16.8 Å². The molecule has 1 saturated heterocycles. The molecule has 4 heteroatoms. The van der Waals surface area contributed by atoms with Gasteiger partial charge in [-0.2, -0.15) is 0 Å². The van der Waals surface area contributed by atoms with E-state index in [1.54, 1.807) is 0 Å². The number of benzene rings is 2. The summed E-state index contributed by atoms with van der Waals surface area (Å²) in [5, 5.41) is 2.99. The summed E-state index contributed by atoms with van der Waals surface area (Å²) in [4.78, 5) is 17.0. The number of hydrogen-bond acceptors (Lipinski definition) is 3. The van der Waals surface area contributed by atoms with Gasteiger partial charge in [0.1, 0.15) is 0 Å². The van der Waals surface area contributed by atoms with E-state index in [9.17, 15) is 4.79 Å². The molecular weight excluding hydrogens is 322 g/mol. The predicted molar refractivity (Wildman–Crippen MR) is 109 cm³/mol. The Morgan fingerprint density at radius 1 is 1.00 bits per heavy atom. The van der Waals surface area contributed by atoms with E-state index in [0.29, 0.717) is 6.42 Å². The molecule has 0 aromatic heterocycles. The third-order valence-electron chi connectivity index (χ3n) is 5.25. The third kappa shape index (κ3) is 4.64. The van der Waals surface area contributed by atoms with Gasteiger partial charge >= 0.3 is 0 Å². The summed E-state index contributed by atoms with van der Waals surface area (Å²) in [5.74, 6) is 0.0903. The summed E-state index contributed by atoms with van der Waals surface area (Å²) >= 11 is 0. The summed E-state index contributed by atoms with van der Waals surface area (Å²) in [6, 6.07) is 14.5. The molecule has 1 fully saturated rings. The van der Waals surface area contributed by atoms with Crippen molar-refractivity contribution in [1.29, 1.82) is 0 Å². The molecule has 1 amide bonds. The Balaban J connectivity index is 1.45. The summed E-state index contributed by atoms with van der Waals surface area (Å²) < 4.78 is 0. The van der Waals surface area contributed by atoms with Crippen LogP contribution in [-0.4, -0.2) is 43.5 Å². The zero-order valence-corrected chi connectivity index (χ0v) is 16.1. The fourth-order valence-corrected chi connectivity index (χ4v) is 3.50. The third-order valence-corrected chi connectivity index (χ3v) is 5.25. The predicted octanol–water partition coefficient (Wildman–Crippen LogP) is 3.76. The lowest BCUT2D eigenvalue weighted by molar-refractivity contribution is -0.116. The van der Waals surface area contributed by atoms with Gasteiger partial charge in [0, 0.05) is 50.5 Å². The molecule has 0 bridgehead atoms. The number of carbonyl (C=O) groups excluding carboxylic acids is 1. The topological polar surface area (TPSA) is 35.6 Å². The van der Waals surface area contributed by atoms with Crippen LogP contribution in [0, 0.1) is 20.8 Å². The lowest BCUT2D eigenvalue weighted by Crippen LogP contribution is -2.47. The molecule has 3 rings (SSSR count). The van der Waals surface area contributed by atoms with Crippen LogP contribution < -0.4 is 10.2 Å². The van der Waals surface area contributed by atoms with Crippen LogP contribution in [0.1, 0.15) is 23.1 Å². The molecule has 2 aromatic carbocycles. The van der Waals surface area contributed by atoms with Crippen LogP contribution in [0.15, 0.2) is 42.5 Å². The Labute approximate surface area is 156 Å². The maximum Gasteiger partial charge on any atom is 0.225 e. The van der Waals surface area contributed by atoms with Gasteiger partial charge in [0.25, 0.3) is 0 Å². The first-order valence-electron chi connectivity index (χ1n) is 9.43. The Morgan fingerprint density at radius 2 is 1.73 bits per heavy atom. The Morgan fingerprint density at radius 3 is 2.46 bits per heavy atom. The smallest absolute Gasteiger partial charge is 0.225 e. The van der Waals surface area contributed by atoms with Crippen molar-refractivity contribution in [2.24, 2.45) is 0 Å². The molecular formula is C22H29N3O. The zero-order valence-electron chi connectivity index (χ0n) is 16.1. The van der Waals surface area contributed by atoms with Crippen molar-refractivity contribution in [1.82, 2.24) is 4.90 Å². The minimum Gasteiger partial charge on any atom is -0.369 e. The van der Waals surface area contributed by atoms with Gasteiger partial charge in [0.2, 0.25) is 5.91 Å². The van der Waals surface area contributed by atoms with Gasteiger partial charge in [0.05, 0.1) is 0 Å². The number of nitrogens with one attached hydrogen (secondary N) is 1. The van der Waals surface area contributed by atoms with Gasteiger partial charge in [-0.15, -0.1) is 0 Å². The van der Waals surface area contributed by atoms with Gasteiger partial charge in [-0.05, 0) is 55.7 Å². The molecule has 1 aliphatic rings. The minimum atomic E-state index is 0.0903. The van der Waals surface area contributed by atoms with E-state index < -0.39 is 0 Å². The second-order valence-electron chi connectivity index (χ2n) is 7.22. The number of nitrogens with zero attached hydrogens (tertiary/aromatic N) is 2. The summed E-state index contributed by atoms with van der Waals surface area (Å²) in [5.41, 5.74) is 6.11. The van der Waals surface area contributed by atoms with Crippen LogP contribution in [0.2, 0.25) is 0 Å². The molecule has 2 aromatic rings. The highest BCUT2D eigenvalue weighted by molar-refractivity contribution is 5.90. The summed E-state index contributed by atoms with van der Waals surface area (Å²) in [7, 11) is 0. The Bertz CT molecular complexity index is 764. The van der Waals surface area contributed by atoms with E-state index >= 15 is 0 Å². The molecule has 0 saturated carbocycles. The van der Waals surface area contributed by atoms with E-state index in [0.717, 1.165) is 44.0 Å². The van der Waals surface area contributed by atoms with Crippen LogP contribution in [0.5, 0.6) is 0 Å². The number of piperazine rings is 1. The average Bonchev–Trinajstić information content (AvgIpc) is 2.63. The quantitative estimate of drug-likeness (QED) is 0.891. The highest BCUT2D eigenvalue weighted by Crippen LogP contribution is 2.23. The highest BCUT2D eigenvalue weighted by atomic mass is 16.1. The molecule has 0 atom stereocenters. The van der Waals surface area contributed by atoms with Gasteiger partial charge in [-0.3, -0.25) is 9.69 Å². The fourth-order valence-electron chi connectivity index (χ4n) is 3.50. The van der Waals surface area contributed by atoms with Crippen molar-refractivity contribution in [3.8, 4) is 0 Å². The summed E-state index contributed by atoms with van der Waals surface area (Å²) in [6.07, 6.45) is 0.539. The number of hydrogen-bond donors (Lipinski definition) is 1. The molecule has 26 heavy (non-hydrogen) atoms. The first kappa shape index (κ1) is 18.5. The SMILES string of the molecule is Cc1cccc(NC(=O)CCN2CCN(c3cccc(C)c3C)CC2)c1. The van der Waals surface area contributed by atoms with E-state index in [2.05, 4.69) is 47.2 Å². The molecule has 1 heterocycles. The van der Waals surface area contributed by atoms with Gasteiger partial charge < -0.3 is 10.2 Å².